The second kappa shape index (κ2) is 7.49. The van der Waals surface area contributed by atoms with E-state index in [1.807, 2.05) is 0 Å². The Hall–Kier alpha value is -1.28. The van der Waals surface area contributed by atoms with Crippen LogP contribution in [0, 0.1) is 6.92 Å². The van der Waals surface area contributed by atoms with E-state index in [0.29, 0.717) is 6.04 Å². The van der Waals surface area contributed by atoms with E-state index in [1.165, 1.54) is 36.6 Å². The van der Waals surface area contributed by atoms with Crippen molar-refractivity contribution in [3.63, 3.8) is 0 Å². The SMILES string of the molecule is CCCCCCC(NCC)c1cc2cccc(C)c2o1. The van der Waals surface area contributed by atoms with Gasteiger partial charge in [-0.1, -0.05) is 57.7 Å². The van der Waals surface area contributed by atoms with E-state index in [4.69, 9.17) is 4.42 Å². The number of hydrogen-bond donors (Lipinski definition) is 1. The van der Waals surface area contributed by atoms with Crippen molar-refractivity contribution in [3.05, 3.63) is 35.6 Å². The Morgan fingerprint density at radius 3 is 2.70 bits per heavy atom. The van der Waals surface area contributed by atoms with Crippen molar-refractivity contribution in [1.82, 2.24) is 5.32 Å². The van der Waals surface area contributed by atoms with Crippen LogP contribution in [0.4, 0.5) is 0 Å². The van der Waals surface area contributed by atoms with Gasteiger partial charge in [-0.2, -0.15) is 0 Å². The zero-order valence-electron chi connectivity index (χ0n) is 13.0. The second-order valence-electron chi connectivity index (χ2n) is 5.60. The Balaban J connectivity index is 2.12. The van der Waals surface area contributed by atoms with Gasteiger partial charge in [-0.15, -0.1) is 0 Å². The van der Waals surface area contributed by atoms with Crippen LogP contribution in [0.25, 0.3) is 11.0 Å². The molecule has 0 amide bonds. The van der Waals surface area contributed by atoms with Crippen LogP contribution in [0.15, 0.2) is 28.7 Å². The van der Waals surface area contributed by atoms with Gasteiger partial charge in [-0.25, -0.2) is 0 Å². The van der Waals surface area contributed by atoms with Crippen LogP contribution in [0.5, 0.6) is 0 Å². The highest BCUT2D eigenvalue weighted by Crippen LogP contribution is 2.28. The van der Waals surface area contributed by atoms with Crippen molar-refractivity contribution in [3.8, 4) is 0 Å². The van der Waals surface area contributed by atoms with E-state index in [2.05, 4.69) is 50.4 Å². The van der Waals surface area contributed by atoms with Gasteiger partial charge in [0.05, 0.1) is 6.04 Å². The third-order valence-electron chi connectivity index (χ3n) is 3.90. The van der Waals surface area contributed by atoms with Gasteiger partial charge in [0.2, 0.25) is 0 Å². The molecular formula is C18H27NO. The van der Waals surface area contributed by atoms with E-state index in [-0.39, 0.29) is 0 Å². The summed E-state index contributed by atoms with van der Waals surface area (Å²) in [5.41, 5.74) is 2.26. The topological polar surface area (TPSA) is 25.2 Å². The van der Waals surface area contributed by atoms with E-state index in [1.54, 1.807) is 0 Å². The molecule has 0 aliphatic carbocycles. The normalized spacial score (nSPS) is 12.9. The third kappa shape index (κ3) is 3.63. The predicted molar refractivity (Wildman–Crippen MR) is 86.1 cm³/mol. The number of unbranched alkanes of at least 4 members (excludes halogenated alkanes) is 3. The predicted octanol–water partition coefficient (Wildman–Crippen LogP) is 5.36. The first kappa shape index (κ1) is 15.1. The number of fused-ring (bicyclic) bond motifs is 1. The van der Waals surface area contributed by atoms with Gasteiger partial charge in [0.25, 0.3) is 0 Å². The molecule has 110 valence electrons. The molecule has 0 saturated carbocycles. The Bertz CT molecular complexity index is 529. The summed E-state index contributed by atoms with van der Waals surface area (Å²) in [7, 11) is 0. The number of furan rings is 1. The lowest BCUT2D eigenvalue weighted by Crippen LogP contribution is -2.20. The summed E-state index contributed by atoms with van der Waals surface area (Å²) in [5, 5.41) is 4.78. The maximum atomic E-state index is 6.11. The lowest BCUT2D eigenvalue weighted by molar-refractivity contribution is 0.403. The summed E-state index contributed by atoms with van der Waals surface area (Å²) in [4.78, 5) is 0. The third-order valence-corrected chi connectivity index (χ3v) is 3.90. The first-order valence-corrected chi connectivity index (χ1v) is 7.98. The summed E-state index contributed by atoms with van der Waals surface area (Å²) in [5.74, 6) is 1.09. The molecule has 1 N–H and O–H groups in total. The molecule has 2 nitrogen and oxygen atoms in total. The van der Waals surface area contributed by atoms with Gasteiger partial charge in [0.1, 0.15) is 11.3 Å². The van der Waals surface area contributed by atoms with Gasteiger partial charge in [-0.3, -0.25) is 0 Å². The molecule has 0 radical (unpaired) electrons. The summed E-state index contributed by atoms with van der Waals surface area (Å²) in [6.07, 6.45) is 6.36. The molecule has 0 spiro atoms. The molecule has 0 aliphatic rings. The van der Waals surface area contributed by atoms with Gasteiger partial charge in [0, 0.05) is 5.39 Å². The maximum absolute atomic E-state index is 6.11. The van der Waals surface area contributed by atoms with Gasteiger partial charge >= 0.3 is 0 Å². The molecular weight excluding hydrogens is 246 g/mol. The molecule has 2 rings (SSSR count). The van der Waals surface area contributed by atoms with Crippen LogP contribution >= 0.6 is 0 Å². The Labute approximate surface area is 122 Å². The lowest BCUT2D eigenvalue weighted by Gasteiger charge is -2.15. The molecule has 0 fully saturated rings. The molecule has 1 heterocycles. The Morgan fingerprint density at radius 2 is 2.00 bits per heavy atom. The van der Waals surface area contributed by atoms with Crippen molar-refractivity contribution < 1.29 is 4.42 Å². The molecule has 2 aromatic rings. The Kier molecular flexibility index (Phi) is 5.66. The number of aryl methyl sites for hydroxylation is 1. The second-order valence-corrected chi connectivity index (χ2v) is 5.60. The fourth-order valence-corrected chi connectivity index (χ4v) is 2.77. The highest BCUT2D eigenvalue weighted by Gasteiger charge is 2.15. The zero-order chi connectivity index (χ0) is 14.4. The fraction of sp³-hybridized carbons (Fsp3) is 0.556. The standard InChI is InChI=1S/C18H27NO/c1-4-6-7-8-12-16(19-5-2)17-13-15-11-9-10-14(3)18(15)20-17/h9-11,13,16,19H,4-8,12H2,1-3H3. The van der Waals surface area contributed by atoms with Gasteiger partial charge < -0.3 is 9.73 Å². The minimum absolute atomic E-state index is 0.351. The lowest BCUT2D eigenvalue weighted by atomic mass is 10.0. The molecule has 1 aromatic heterocycles. The molecule has 1 unspecified atom stereocenters. The van der Waals surface area contributed by atoms with Crippen LogP contribution in [0.1, 0.15) is 63.3 Å². The number of hydrogen-bond acceptors (Lipinski definition) is 2. The number of nitrogens with one attached hydrogen (secondary N) is 1. The summed E-state index contributed by atoms with van der Waals surface area (Å²) in [6.45, 7) is 7.50. The first-order chi connectivity index (χ1) is 9.76. The van der Waals surface area contributed by atoms with E-state index in [0.717, 1.165) is 24.3 Å². The fourth-order valence-electron chi connectivity index (χ4n) is 2.77. The van der Waals surface area contributed by atoms with E-state index in [9.17, 15) is 0 Å². The molecule has 2 heteroatoms. The van der Waals surface area contributed by atoms with Gasteiger partial charge in [0.15, 0.2) is 0 Å². The number of benzene rings is 1. The molecule has 1 atom stereocenters. The quantitative estimate of drug-likeness (QED) is 0.655. The average Bonchev–Trinajstić information content (AvgIpc) is 2.88. The van der Waals surface area contributed by atoms with Crippen molar-refractivity contribution in [2.75, 3.05) is 6.54 Å². The monoisotopic (exact) mass is 273 g/mol. The molecule has 0 saturated heterocycles. The molecule has 0 aliphatic heterocycles. The first-order valence-electron chi connectivity index (χ1n) is 7.98. The van der Waals surface area contributed by atoms with Crippen LogP contribution < -0.4 is 5.32 Å². The highest BCUT2D eigenvalue weighted by molar-refractivity contribution is 5.80. The minimum atomic E-state index is 0.351. The molecule has 20 heavy (non-hydrogen) atoms. The highest BCUT2D eigenvalue weighted by atomic mass is 16.3. The van der Waals surface area contributed by atoms with E-state index < -0.39 is 0 Å². The van der Waals surface area contributed by atoms with Crippen molar-refractivity contribution >= 4 is 11.0 Å². The average molecular weight is 273 g/mol. The molecule has 1 aromatic carbocycles. The minimum Gasteiger partial charge on any atom is -0.459 e. The Morgan fingerprint density at radius 1 is 1.15 bits per heavy atom. The van der Waals surface area contributed by atoms with Crippen LogP contribution in [-0.4, -0.2) is 6.54 Å². The number of rotatable bonds is 8. The van der Waals surface area contributed by atoms with Crippen LogP contribution in [-0.2, 0) is 0 Å². The molecule has 0 bridgehead atoms. The van der Waals surface area contributed by atoms with E-state index >= 15 is 0 Å². The number of para-hydroxylation sites is 1. The summed E-state index contributed by atoms with van der Waals surface area (Å²) < 4.78 is 6.11. The maximum Gasteiger partial charge on any atom is 0.137 e. The van der Waals surface area contributed by atoms with Gasteiger partial charge in [-0.05, 0) is 31.5 Å². The zero-order valence-corrected chi connectivity index (χ0v) is 13.0. The van der Waals surface area contributed by atoms with Crippen molar-refractivity contribution in [2.45, 2.75) is 58.9 Å². The largest absolute Gasteiger partial charge is 0.459 e. The summed E-state index contributed by atoms with van der Waals surface area (Å²) in [6, 6.07) is 8.90. The van der Waals surface area contributed by atoms with Crippen LogP contribution in [0.2, 0.25) is 0 Å². The van der Waals surface area contributed by atoms with Crippen molar-refractivity contribution in [1.29, 1.82) is 0 Å². The summed E-state index contributed by atoms with van der Waals surface area (Å²) >= 11 is 0. The smallest absolute Gasteiger partial charge is 0.137 e. The van der Waals surface area contributed by atoms with Crippen LogP contribution in [0.3, 0.4) is 0 Å². The van der Waals surface area contributed by atoms with Crippen molar-refractivity contribution in [2.24, 2.45) is 0 Å².